The third-order valence-electron chi connectivity index (χ3n) is 3.00. The molecular weight excluding hydrogens is 258 g/mol. The lowest BCUT2D eigenvalue weighted by Gasteiger charge is -2.10. The Morgan fingerprint density at radius 3 is 2.74 bits per heavy atom. The summed E-state index contributed by atoms with van der Waals surface area (Å²) in [6, 6.07) is 0. The average molecular weight is 269 g/mol. The van der Waals surface area contributed by atoms with Crippen molar-refractivity contribution in [1.82, 2.24) is 15.0 Å². The van der Waals surface area contributed by atoms with Gasteiger partial charge in [-0.3, -0.25) is 0 Å². The van der Waals surface area contributed by atoms with E-state index in [9.17, 15) is 15.3 Å². The van der Waals surface area contributed by atoms with E-state index < -0.39 is 31.1 Å². The largest absolute Gasteiger partial charge is 0.491 e. The van der Waals surface area contributed by atoms with Gasteiger partial charge in [0.1, 0.15) is 18.5 Å². The van der Waals surface area contributed by atoms with Gasteiger partial charge in [0.05, 0.1) is 16.8 Å². The number of aliphatic hydroxyl groups is 3. The van der Waals surface area contributed by atoms with Gasteiger partial charge < -0.3 is 25.2 Å². The van der Waals surface area contributed by atoms with E-state index in [2.05, 4.69) is 20.3 Å². The Hall–Kier alpha value is -1.72. The fourth-order valence-corrected chi connectivity index (χ4v) is 2.01. The highest BCUT2D eigenvalue weighted by atomic mass is 16.6. The Morgan fingerprint density at radius 1 is 1.26 bits per heavy atom. The van der Waals surface area contributed by atoms with E-state index in [-0.39, 0.29) is 17.4 Å². The molecule has 0 spiro atoms. The third-order valence-corrected chi connectivity index (χ3v) is 3.00. The van der Waals surface area contributed by atoms with Crippen molar-refractivity contribution in [3.05, 3.63) is 6.33 Å². The number of aromatic hydroxyl groups is 1. The van der Waals surface area contributed by atoms with E-state index in [0.717, 1.165) is 11.3 Å². The monoisotopic (exact) mass is 269 g/mol. The molecule has 10 nitrogen and oxygen atoms in total. The Balaban J connectivity index is 1.91. The van der Waals surface area contributed by atoms with Crippen LogP contribution in [0.5, 0.6) is 5.88 Å². The molecule has 1 radical (unpaired) electrons. The van der Waals surface area contributed by atoms with Gasteiger partial charge in [-0.05, 0) is 0 Å². The summed E-state index contributed by atoms with van der Waals surface area (Å²) in [5.41, 5.74) is 0.0558. The predicted octanol–water partition coefficient (Wildman–Crippen LogP) is -1.59. The maximum Gasteiger partial charge on any atom is 0.346 e. The molecule has 0 saturated carbocycles. The van der Waals surface area contributed by atoms with Crippen molar-refractivity contribution in [2.24, 2.45) is 10.3 Å². The van der Waals surface area contributed by atoms with Gasteiger partial charge in [0.25, 0.3) is 0 Å². The van der Waals surface area contributed by atoms with Gasteiger partial charge in [-0.15, -0.1) is 0 Å². The maximum atomic E-state index is 9.88. The van der Waals surface area contributed by atoms with Crippen molar-refractivity contribution in [2.45, 2.75) is 24.5 Å². The topological polar surface area (TPSA) is 147 Å². The van der Waals surface area contributed by atoms with Gasteiger partial charge in [-0.1, -0.05) is 5.11 Å². The van der Waals surface area contributed by atoms with Gasteiger partial charge in [0.15, 0.2) is 6.10 Å². The van der Waals surface area contributed by atoms with Crippen LogP contribution >= 0.6 is 0 Å². The Kier molecular flexibility index (Phi) is 2.88. The molecule has 19 heavy (non-hydrogen) atoms. The summed E-state index contributed by atoms with van der Waals surface area (Å²) < 4.78 is 5.30. The lowest BCUT2D eigenvalue weighted by Crippen LogP contribution is -2.41. The summed E-state index contributed by atoms with van der Waals surface area (Å²) in [6.07, 6.45) is -3.40. The van der Waals surface area contributed by atoms with Crippen molar-refractivity contribution >= 4 is 11.5 Å². The molecule has 10 heteroatoms. The lowest BCUT2D eigenvalue weighted by molar-refractivity contribution is -0.0499. The number of hydrogen-bond acceptors (Lipinski definition) is 10. The molecule has 1 fully saturated rings. The van der Waals surface area contributed by atoms with Crippen LogP contribution in [0.1, 0.15) is 0 Å². The molecule has 1 aromatic heterocycles. The molecule has 1 aromatic rings. The smallest absolute Gasteiger partial charge is 0.346 e. The predicted molar refractivity (Wildman–Crippen MR) is 57.8 cm³/mol. The molecule has 0 bridgehead atoms. The molecule has 0 amide bonds. The standard InChI is InChI=1S/C9H11N5O5/c15-1-3-5(16)6(17)9(19-3)14-7-4(12-13-14)8(18)11-2-10-7/h2-3,5-6,9,15-17H,1H2,(H,10,11,18)/q+1/t3-,5-,6-,9-/m1/s1. The van der Waals surface area contributed by atoms with Crippen molar-refractivity contribution < 1.29 is 25.2 Å². The Bertz CT molecular complexity index is 526. The number of hydrogen-bond donors (Lipinski definition) is 4. The van der Waals surface area contributed by atoms with Crippen LogP contribution < -0.4 is 5.01 Å². The molecule has 4 atom stereocenters. The van der Waals surface area contributed by atoms with E-state index in [0.29, 0.717) is 0 Å². The second kappa shape index (κ2) is 4.43. The van der Waals surface area contributed by atoms with Crippen LogP contribution in [-0.2, 0) is 4.74 Å². The summed E-state index contributed by atoms with van der Waals surface area (Å²) in [4.78, 5) is 7.44. The van der Waals surface area contributed by atoms with Gasteiger partial charge in [0, 0.05) is 0 Å². The van der Waals surface area contributed by atoms with E-state index in [4.69, 9.17) is 9.84 Å². The average Bonchev–Trinajstić information content (AvgIpc) is 2.94. The van der Waals surface area contributed by atoms with Crippen LogP contribution in [0, 0.1) is 0 Å². The van der Waals surface area contributed by atoms with Crippen molar-refractivity contribution in [2.75, 3.05) is 6.61 Å². The highest BCUT2D eigenvalue weighted by Crippen LogP contribution is 2.41. The van der Waals surface area contributed by atoms with Crippen LogP contribution in [0.15, 0.2) is 16.7 Å². The minimum absolute atomic E-state index is 0.0558. The summed E-state index contributed by atoms with van der Waals surface area (Å²) in [5, 5.41) is 46.6. The van der Waals surface area contributed by atoms with Crippen LogP contribution in [0.4, 0.5) is 11.5 Å². The van der Waals surface area contributed by atoms with Gasteiger partial charge in [-0.2, -0.15) is 9.97 Å². The number of rotatable bonds is 2. The minimum atomic E-state index is -1.29. The first-order valence-electron chi connectivity index (χ1n) is 5.50. The zero-order chi connectivity index (χ0) is 13.6. The van der Waals surface area contributed by atoms with Crippen LogP contribution in [0.2, 0.25) is 0 Å². The van der Waals surface area contributed by atoms with Gasteiger partial charge in [-0.25, -0.2) is 0 Å². The number of ether oxygens (including phenoxy) is 1. The number of aliphatic hydroxyl groups excluding tert-OH is 3. The minimum Gasteiger partial charge on any atom is -0.491 e. The second-order valence-corrected chi connectivity index (χ2v) is 4.13. The molecule has 0 unspecified atom stereocenters. The van der Waals surface area contributed by atoms with E-state index in [1.807, 2.05) is 0 Å². The number of anilines is 1. The van der Waals surface area contributed by atoms with Gasteiger partial charge in [0.2, 0.25) is 11.6 Å². The summed E-state index contributed by atoms with van der Waals surface area (Å²) >= 11 is 0. The number of fused-ring (bicyclic) bond motifs is 1. The molecule has 1 saturated heterocycles. The highest BCUT2D eigenvalue weighted by Gasteiger charge is 2.56. The zero-order valence-electron chi connectivity index (χ0n) is 9.53. The molecular formula is C9H11N5O5+. The highest BCUT2D eigenvalue weighted by molar-refractivity contribution is 5.64. The SMILES string of the molecule is OC[C@H]1O[C@@H]([N+]2N=Nc3c(O)ncnc32)[C@H](O)[C@@H]1O. The van der Waals surface area contributed by atoms with Crippen molar-refractivity contribution in [3.63, 3.8) is 0 Å². The quantitative estimate of drug-likeness (QED) is 0.473. The summed E-state index contributed by atoms with van der Waals surface area (Å²) in [7, 11) is 0. The third kappa shape index (κ3) is 1.77. The van der Waals surface area contributed by atoms with E-state index >= 15 is 0 Å². The molecule has 4 N–H and O–H groups in total. The summed E-state index contributed by atoms with van der Waals surface area (Å²) in [5.74, 6) is -0.190. The molecule has 2 aliphatic rings. The first kappa shape index (κ1) is 12.3. The second-order valence-electron chi connectivity index (χ2n) is 4.13. The van der Waals surface area contributed by atoms with Crippen molar-refractivity contribution in [3.8, 4) is 5.88 Å². The Morgan fingerprint density at radius 2 is 2.05 bits per heavy atom. The fraction of sp³-hybridized carbons (Fsp3) is 0.556. The van der Waals surface area contributed by atoms with Crippen LogP contribution in [0.25, 0.3) is 0 Å². The normalized spacial score (nSPS) is 33.8. The fourth-order valence-electron chi connectivity index (χ4n) is 2.01. The Labute approximate surface area is 106 Å². The lowest BCUT2D eigenvalue weighted by atomic mass is 10.1. The molecule has 0 aromatic carbocycles. The molecule has 3 heterocycles. The molecule has 0 aliphatic carbocycles. The van der Waals surface area contributed by atoms with Crippen LogP contribution in [-0.4, -0.2) is 61.5 Å². The van der Waals surface area contributed by atoms with Crippen molar-refractivity contribution in [1.29, 1.82) is 0 Å². The first-order chi connectivity index (χ1) is 9.13. The zero-order valence-corrected chi connectivity index (χ0v) is 9.53. The first-order valence-corrected chi connectivity index (χ1v) is 5.50. The summed E-state index contributed by atoms with van der Waals surface area (Å²) in [6.45, 7) is -0.443. The van der Waals surface area contributed by atoms with E-state index in [1.54, 1.807) is 0 Å². The number of aromatic nitrogens is 2. The maximum absolute atomic E-state index is 9.88. The number of nitrogens with zero attached hydrogens (tertiary/aromatic N) is 5. The van der Waals surface area contributed by atoms with E-state index in [1.165, 1.54) is 0 Å². The molecule has 101 valence electrons. The van der Waals surface area contributed by atoms with Gasteiger partial charge >= 0.3 is 12.0 Å². The molecule has 3 rings (SSSR count). The molecule has 2 aliphatic heterocycles. The van der Waals surface area contributed by atoms with Crippen LogP contribution in [0.3, 0.4) is 0 Å².